The Bertz CT molecular complexity index is 818. The van der Waals surface area contributed by atoms with Crippen molar-refractivity contribution in [3.8, 4) is 0 Å². The van der Waals surface area contributed by atoms with Crippen molar-refractivity contribution in [3.05, 3.63) is 48.3 Å². The molecule has 1 atom stereocenters. The number of H-pyrrole nitrogens is 1. The van der Waals surface area contributed by atoms with Crippen LogP contribution in [0.25, 0.3) is 11.2 Å². The van der Waals surface area contributed by atoms with Gasteiger partial charge in [-0.3, -0.25) is 0 Å². The van der Waals surface area contributed by atoms with Gasteiger partial charge >= 0.3 is 0 Å². The van der Waals surface area contributed by atoms with Gasteiger partial charge in [0.1, 0.15) is 23.3 Å². The molecule has 3 heterocycles. The van der Waals surface area contributed by atoms with Crippen LogP contribution in [0.5, 0.6) is 0 Å². The zero-order valence-corrected chi connectivity index (χ0v) is 11.7. The molecule has 6 nitrogen and oxygen atoms in total. The minimum Gasteiger partial charge on any atom is -0.383 e. The number of rotatable bonds is 2. The number of halogens is 1. The molecule has 7 heteroatoms. The van der Waals surface area contributed by atoms with Gasteiger partial charge in [-0.25, -0.2) is 19.3 Å². The van der Waals surface area contributed by atoms with Gasteiger partial charge in [0, 0.05) is 6.54 Å². The topological polar surface area (TPSA) is 77.9 Å². The zero-order chi connectivity index (χ0) is 15.2. The van der Waals surface area contributed by atoms with Gasteiger partial charge in [-0.15, -0.1) is 0 Å². The largest absolute Gasteiger partial charge is 0.383 e. The van der Waals surface area contributed by atoms with Crippen LogP contribution in [0.4, 0.5) is 10.2 Å². The summed E-state index contributed by atoms with van der Waals surface area (Å²) in [6.07, 6.45) is 3.59. The maximum Gasteiger partial charge on any atom is 0.182 e. The molecule has 1 aromatic carbocycles. The highest BCUT2D eigenvalue weighted by molar-refractivity contribution is 5.82. The second-order valence-electron chi connectivity index (χ2n) is 5.51. The van der Waals surface area contributed by atoms with Crippen LogP contribution in [0.3, 0.4) is 0 Å². The number of imidazole rings is 1. The van der Waals surface area contributed by atoms with E-state index >= 15 is 0 Å². The maximum atomic E-state index is 13.1. The van der Waals surface area contributed by atoms with E-state index in [1.165, 1.54) is 18.5 Å². The molecule has 22 heavy (non-hydrogen) atoms. The number of aromatic nitrogens is 4. The van der Waals surface area contributed by atoms with Crippen LogP contribution in [0, 0.1) is 5.82 Å². The van der Waals surface area contributed by atoms with Crippen molar-refractivity contribution in [1.29, 1.82) is 0 Å². The molecule has 0 saturated carbocycles. The third kappa shape index (κ3) is 2.01. The summed E-state index contributed by atoms with van der Waals surface area (Å²) >= 11 is 0. The Morgan fingerprint density at radius 3 is 2.82 bits per heavy atom. The van der Waals surface area contributed by atoms with Crippen molar-refractivity contribution in [2.75, 3.05) is 18.0 Å². The second kappa shape index (κ2) is 4.74. The Labute approximate surface area is 125 Å². The number of fused-ring (bicyclic) bond motifs is 1. The zero-order valence-electron chi connectivity index (χ0n) is 11.7. The summed E-state index contributed by atoms with van der Waals surface area (Å²) in [5, 5.41) is 10.9. The Morgan fingerprint density at radius 1 is 1.18 bits per heavy atom. The van der Waals surface area contributed by atoms with E-state index in [-0.39, 0.29) is 5.82 Å². The van der Waals surface area contributed by atoms with E-state index < -0.39 is 5.60 Å². The predicted molar refractivity (Wildman–Crippen MR) is 78.8 cm³/mol. The van der Waals surface area contributed by atoms with E-state index in [1.807, 2.05) is 4.90 Å². The van der Waals surface area contributed by atoms with E-state index in [1.54, 1.807) is 18.5 Å². The molecule has 0 amide bonds. The number of nitrogens with one attached hydrogen (secondary N) is 1. The second-order valence-corrected chi connectivity index (χ2v) is 5.51. The smallest absolute Gasteiger partial charge is 0.182 e. The van der Waals surface area contributed by atoms with Gasteiger partial charge < -0.3 is 15.0 Å². The first-order chi connectivity index (χ1) is 10.7. The number of hydrogen-bond donors (Lipinski definition) is 2. The summed E-state index contributed by atoms with van der Waals surface area (Å²) < 4.78 is 13.1. The number of aliphatic hydroxyl groups is 1. The molecular weight excluding hydrogens is 285 g/mol. The molecule has 2 aromatic heterocycles. The molecule has 1 aliphatic rings. The number of benzene rings is 1. The van der Waals surface area contributed by atoms with Crippen LogP contribution in [-0.2, 0) is 5.60 Å². The minimum atomic E-state index is -1.01. The number of aromatic amines is 1. The van der Waals surface area contributed by atoms with Crippen LogP contribution in [0.15, 0.2) is 36.9 Å². The van der Waals surface area contributed by atoms with E-state index in [0.29, 0.717) is 30.7 Å². The Morgan fingerprint density at radius 2 is 2.00 bits per heavy atom. The van der Waals surface area contributed by atoms with Crippen molar-refractivity contribution in [1.82, 2.24) is 19.9 Å². The molecule has 112 valence electrons. The summed E-state index contributed by atoms with van der Waals surface area (Å²) in [5.74, 6) is 0.415. The Kier molecular flexibility index (Phi) is 2.83. The van der Waals surface area contributed by atoms with Gasteiger partial charge in [0.15, 0.2) is 11.5 Å². The summed E-state index contributed by atoms with van der Waals surface area (Å²) in [6.45, 7) is 1.04. The van der Waals surface area contributed by atoms with Crippen LogP contribution in [0.2, 0.25) is 0 Å². The SMILES string of the molecule is OC1(c2ccc(F)cc2)CCN(c2ncnc3nc[nH]c23)C1. The first kappa shape index (κ1) is 13.1. The van der Waals surface area contributed by atoms with Gasteiger partial charge in [-0.1, -0.05) is 12.1 Å². The summed E-state index contributed by atoms with van der Waals surface area (Å²) in [4.78, 5) is 17.5. The van der Waals surface area contributed by atoms with Crippen LogP contribution in [-0.4, -0.2) is 38.1 Å². The molecule has 0 aliphatic carbocycles. The molecule has 0 bridgehead atoms. The molecule has 0 radical (unpaired) electrons. The highest BCUT2D eigenvalue weighted by atomic mass is 19.1. The lowest BCUT2D eigenvalue weighted by Gasteiger charge is -2.24. The molecule has 3 aromatic rings. The Balaban J connectivity index is 1.67. The van der Waals surface area contributed by atoms with E-state index in [2.05, 4.69) is 19.9 Å². The van der Waals surface area contributed by atoms with Gasteiger partial charge in [0.05, 0.1) is 12.9 Å². The quantitative estimate of drug-likeness (QED) is 0.751. The van der Waals surface area contributed by atoms with Crippen molar-refractivity contribution in [2.24, 2.45) is 0 Å². The molecule has 1 saturated heterocycles. The third-order valence-corrected chi connectivity index (χ3v) is 4.13. The molecular formula is C15H14FN5O. The van der Waals surface area contributed by atoms with E-state index in [4.69, 9.17) is 0 Å². The van der Waals surface area contributed by atoms with Gasteiger partial charge in [0.25, 0.3) is 0 Å². The molecule has 4 rings (SSSR count). The highest BCUT2D eigenvalue weighted by Crippen LogP contribution is 2.35. The standard InChI is InChI=1S/C15H14FN5O/c16-11-3-1-10(2-4-11)15(22)5-6-21(7-15)14-12-13(18-8-17-12)19-9-20-14/h1-4,8-9,22H,5-7H2,(H,17,18,19,20). The number of anilines is 1. The number of hydrogen-bond acceptors (Lipinski definition) is 5. The molecule has 0 spiro atoms. The fraction of sp³-hybridized carbons (Fsp3) is 0.267. The minimum absolute atomic E-state index is 0.308. The predicted octanol–water partition coefficient (Wildman–Crippen LogP) is 1.59. The maximum absolute atomic E-state index is 13.1. The molecule has 2 N–H and O–H groups in total. The number of nitrogens with zero attached hydrogens (tertiary/aromatic N) is 4. The Hall–Kier alpha value is -2.54. The van der Waals surface area contributed by atoms with E-state index in [9.17, 15) is 9.50 Å². The first-order valence-corrected chi connectivity index (χ1v) is 7.03. The highest BCUT2D eigenvalue weighted by Gasteiger charge is 2.38. The molecule has 1 unspecified atom stereocenters. The third-order valence-electron chi connectivity index (χ3n) is 4.13. The van der Waals surface area contributed by atoms with Gasteiger partial charge in [-0.2, -0.15) is 0 Å². The van der Waals surface area contributed by atoms with Crippen LogP contribution < -0.4 is 4.90 Å². The monoisotopic (exact) mass is 299 g/mol. The fourth-order valence-electron chi connectivity index (χ4n) is 2.96. The summed E-state index contributed by atoms with van der Waals surface area (Å²) in [6, 6.07) is 6.00. The lowest BCUT2D eigenvalue weighted by atomic mass is 9.93. The van der Waals surface area contributed by atoms with Crippen molar-refractivity contribution < 1.29 is 9.50 Å². The normalized spacial score (nSPS) is 21.6. The average Bonchev–Trinajstić information content (AvgIpc) is 3.15. The first-order valence-electron chi connectivity index (χ1n) is 7.03. The van der Waals surface area contributed by atoms with Crippen LogP contribution >= 0.6 is 0 Å². The van der Waals surface area contributed by atoms with Crippen molar-refractivity contribution in [2.45, 2.75) is 12.0 Å². The van der Waals surface area contributed by atoms with E-state index in [0.717, 1.165) is 11.3 Å². The number of β-amino-alcohol motifs (C(OH)–C–C–N with tert-alkyl or cyclic N) is 1. The average molecular weight is 299 g/mol. The van der Waals surface area contributed by atoms with Crippen molar-refractivity contribution in [3.63, 3.8) is 0 Å². The molecule has 1 fully saturated rings. The molecule has 1 aliphatic heterocycles. The fourth-order valence-corrected chi connectivity index (χ4v) is 2.96. The summed E-state index contributed by atoms with van der Waals surface area (Å²) in [7, 11) is 0. The van der Waals surface area contributed by atoms with Crippen molar-refractivity contribution >= 4 is 17.0 Å². The summed E-state index contributed by atoms with van der Waals surface area (Å²) in [5.41, 5.74) is 1.06. The van der Waals surface area contributed by atoms with Gasteiger partial charge in [0.2, 0.25) is 0 Å². The van der Waals surface area contributed by atoms with Crippen LogP contribution in [0.1, 0.15) is 12.0 Å². The lowest BCUT2D eigenvalue weighted by Crippen LogP contribution is -2.31. The lowest BCUT2D eigenvalue weighted by molar-refractivity contribution is 0.0606. The van der Waals surface area contributed by atoms with Gasteiger partial charge in [-0.05, 0) is 24.1 Å².